The van der Waals surface area contributed by atoms with Crippen LogP contribution in [0.2, 0.25) is 5.02 Å². The van der Waals surface area contributed by atoms with Gasteiger partial charge in [0, 0.05) is 53.8 Å². The lowest BCUT2D eigenvalue weighted by molar-refractivity contribution is -0.118. The van der Waals surface area contributed by atoms with Crippen molar-refractivity contribution in [2.75, 3.05) is 18.1 Å². The molecule has 0 radical (unpaired) electrons. The standard InChI is InChI=1S/C32H28ClF3N2O4/c1-3-41-30-16-31(39)37(2)18-25(30)24-15-23(8-11-28(24)42-29-10-7-22(35)14-27(29)36)38(17-19-4-5-19)32(40)13-20-12-21(34)6-9-26(20)33/h6-12,14-16,18-19H,3-5,13,17H2,1-2H3. The number of halogens is 4. The van der Waals surface area contributed by atoms with E-state index < -0.39 is 17.5 Å². The van der Waals surface area contributed by atoms with Crippen LogP contribution in [-0.4, -0.2) is 23.6 Å². The van der Waals surface area contributed by atoms with Gasteiger partial charge in [0.25, 0.3) is 5.56 Å². The predicted molar refractivity (Wildman–Crippen MR) is 155 cm³/mol. The Labute approximate surface area is 245 Å². The first-order valence-corrected chi connectivity index (χ1v) is 13.9. The summed E-state index contributed by atoms with van der Waals surface area (Å²) in [4.78, 5) is 27.7. The third-order valence-corrected chi connectivity index (χ3v) is 7.33. The van der Waals surface area contributed by atoms with Crippen LogP contribution >= 0.6 is 11.6 Å². The number of carbonyl (C=O) groups excluding carboxylic acids is 1. The summed E-state index contributed by atoms with van der Waals surface area (Å²) in [6.45, 7) is 2.48. The molecule has 3 aromatic carbocycles. The summed E-state index contributed by atoms with van der Waals surface area (Å²) in [6.07, 6.45) is 3.39. The third-order valence-electron chi connectivity index (χ3n) is 6.96. The van der Waals surface area contributed by atoms with Crippen molar-refractivity contribution >= 4 is 23.2 Å². The molecule has 42 heavy (non-hydrogen) atoms. The van der Waals surface area contributed by atoms with Gasteiger partial charge in [-0.25, -0.2) is 13.2 Å². The van der Waals surface area contributed by atoms with E-state index in [-0.39, 0.29) is 46.8 Å². The average Bonchev–Trinajstić information content (AvgIpc) is 3.77. The molecule has 0 saturated heterocycles. The van der Waals surface area contributed by atoms with Crippen molar-refractivity contribution in [1.82, 2.24) is 4.57 Å². The van der Waals surface area contributed by atoms with Gasteiger partial charge in [0.1, 0.15) is 23.1 Å². The van der Waals surface area contributed by atoms with Crippen molar-refractivity contribution in [3.63, 3.8) is 0 Å². The molecule has 6 nitrogen and oxygen atoms in total. The summed E-state index contributed by atoms with van der Waals surface area (Å²) in [5.41, 5.74) is 1.45. The predicted octanol–water partition coefficient (Wildman–Crippen LogP) is 7.30. The first kappa shape index (κ1) is 29.3. The molecule has 1 heterocycles. The van der Waals surface area contributed by atoms with Gasteiger partial charge in [0.05, 0.1) is 13.0 Å². The van der Waals surface area contributed by atoms with E-state index in [2.05, 4.69) is 0 Å². The minimum Gasteiger partial charge on any atom is -0.493 e. The number of rotatable bonds is 10. The lowest BCUT2D eigenvalue weighted by atomic mass is 10.0. The largest absolute Gasteiger partial charge is 0.493 e. The summed E-state index contributed by atoms with van der Waals surface area (Å²) in [6, 6.07) is 13.2. The lowest BCUT2D eigenvalue weighted by Gasteiger charge is -2.25. The Morgan fingerprint density at radius 2 is 1.67 bits per heavy atom. The van der Waals surface area contributed by atoms with E-state index in [9.17, 15) is 22.8 Å². The molecule has 5 rings (SSSR count). The maximum atomic E-state index is 14.6. The van der Waals surface area contributed by atoms with Crippen LogP contribution in [0, 0.1) is 23.4 Å². The van der Waals surface area contributed by atoms with Gasteiger partial charge in [0.15, 0.2) is 11.6 Å². The molecule has 218 valence electrons. The molecule has 0 N–H and O–H groups in total. The zero-order valence-electron chi connectivity index (χ0n) is 23.0. The van der Waals surface area contributed by atoms with Gasteiger partial charge in [-0.15, -0.1) is 0 Å². The molecule has 1 saturated carbocycles. The molecule has 0 atom stereocenters. The molecule has 4 aromatic rings. The van der Waals surface area contributed by atoms with E-state index in [1.165, 1.54) is 34.9 Å². The van der Waals surface area contributed by atoms with Crippen LogP contribution in [0.4, 0.5) is 18.9 Å². The molecular formula is C32H28ClF3N2O4. The van der Waals surface area contributed by atoms with Gasteiger partial charge in [-0.05, 0) is 79.8 Å². The van der Waals surface area contributed by atoms with Crippen LogP contribution in [0.25, 0.3) is 11.1 Å². The van der Waals surface area contributed by atoms with Gasteiger partial charge < -0.3 is 18.9 Å². The summed E-state index contributed by atoms with van der Waals surface area (Å²) in [7, 11) is 1.58. The van der Waals surface area contributed by atoms with Crippen molar-refractivity contribution < 1.29 is 27.4 Å². The number of amides is 1. The Bertz CT molecular complexity index is 1700. The molecule has 1 amide bonds. The second-order valence-electron chi connectivity index (χ2n) is 10.2. The number of hydrogen-bond donors (Lipinski definition) is 0. The van der Waals surface area contributed by atoms with Crippen LogP contribution in [0.15, 0.2) is 71.7 Å². The van der Waals surface area contributed by atoms with E-state index in [0.717, 1.165) is 25.0 Å². The highest BCUT2D eigenvalue weighted by molar-refractivity contribution is 6.31. The summed E-state index contributed by atoms with van der Waals surface area (Å²) in [5, 5.41) is 0.286. The Balaban J connectivity index is 1.62. The lowest BCUT2D eigenvalue weighted by Crippen LogP contribution is -2.34. The Hall–Kier alpha value is -4.24. The fourth-order valence-corrected chi connectivity index (χ4v) is 4.78. The second kappa shape index (κ2) is 12.3. The molecule has 0 spiro atoms. The van der Waals surface area contributed by atoms with Gasteiger partial charge in [-0.1, -0.05) is 11.6 Å². The second-order valence-corrected chi connectivity index (χ2v) is 10.6. The van der Waals surface area contributed by atoms with Crippen molar-refractivity contribution in [1.29, 1.82) is 0 Å². The average molecular weight is 597 g/mol. The van der Waals surface area contributed by atoms with Crippen LogP contribution < -0.4 is 19.9 Å². The summed E-state index contributed by atoms with van der Waals surface area (Å²) in [5.74, 6) is -1.87. The van der Waals surface area contributed by atoms with E-state index >= 15 is 0 Å². The first-order valence-electron chi connectivity index (χ1n) is 13.5. The zero-order chi connectivity index (χ0) is 30.0. The Morgan fingerprint density at radius 1 is 0.952 bits per heavy atom. The fourth-order valence-electron chi connectivity index (χ4n) is 4.60. The van der Waals surface area contributed by atoms with Crippen molar-refractivity contribution in [2.45, 2.75) is 26.2 Å². The number of aryl methyl sites for hydroxylation is 1. The monoisotopic (exact) mass is 596 g/mol. The van der Waals surface area contributed by atoms with Gasteiger partial charge in [-0.2, -0.15) is 0 Å². The van der Waals surface area contributed by atoms with E-state index in [1.807, 2.05) is 0 Å². The van der Waals surface area contributed by atoms with Gasteiger partial charge >= 0.3 is 0 Å². The van der Waals surface area contributed by atoms with Crippen molar-refractivity contribution in [2.24, 2.45) is 13.0 Å². The molecule has 1 fully saturated rings. The highest BCUT2D eigenvalue weighted by Gasteiger charge is 2.29. The molecule has 10 heteroatoms. The van der Waals surface area contributed by atoms with Crippen LogP contribution in [0.3, 0.4) is 0 Å². The van der Waals surface area contributed by atoms with E-state index in [0.29, 0.717) is 34.8 Å². The van der Waals surface area contributed by atoms with Gasteiger partial charge in [-0.3, -0.25) is 9.59 Å². The fraction of sp³-hybridized carbons (Fsp3) is 0.250. The van der Waals surface area contributed by atoms with E-state index in [4.69, 9.17) is 21.1 Å². The number of nitrogens with zero attached hydrogens (tertiary/aromatic N) is 2. The normalized spacial score (nSPS) is 12.7. The SMILES string of the molecule is CCOc1cc(=O)n(C)cc1-c1cc(N(CC2CC2)C(=O)Cc2cc(F)ccc2Cl)ccc1Oc1ccc(F)cc1F. The molecule has 0 unspecified atom stereocenters. The summed E-state index contributed by atoms with van der Waals surface area (Å²) < 4.78 is 55.2. The highest BCUT2D eigenvalue weighted by atomic mass is 35.5. The molecule has 1 aliphatic rings. The Kier molecular flexibility index (Phi) is 8.59. The Morgan fingerprint density at radius 3 is 2.38 bits per heavy atom. The smallest absolute Gasteiger partial charge is 0.254 e. The molecular weight excluding hydrogens is 569 g/mol. The number of benzene rings is 3. The van der Waals surface area contributed by atoms with Crippen LogP contribution in [0.1, 0.15) is 25.3 Å². The maximum Gasteiger partial charge on any atom is 0.254 e. The van der Waals surface area contributed by atoms with Gasteiger partial charge in [0.2, 0.25) is 5.91 Å². The molecule has 0 bridgehead atoms. The minimum absolute atomic E-state index is 0.123. The number of hydrogen-bond acceptors (Lipinski definition) is 4. The van der Waals surface area contributed by atoms with Crippen molar-refractivity contribution in [3.05, 3.63) is 105 Å². The number of anilines is 1. The minimum atomic E-state index is -0.895. The summed E-state index contributed by atoms with van der Waals surface area (Å²) >= 11 is 6.26. The number of carbonyl (C=O) groups is 1. The quantitative estimate of drug-likeness (QED) is 0.193. The number of aromatic nitrogens is 1. The number of pyridine rings is 1. The topological polar surface area (TPSA) is 60.8 Å². The van der Waals surface area contributed by atoms with Crippen molar-refractivity contribution in [3.8, 4) is 28.4 Å². The third kappa shape index (κ3) is 6.62. The number of ether oxygens (including phenoxy) is 2. The van der Waals surface area contributed by atoms with E-state index in [1.54, 1.807) is 43.3 Å². The molecule has 0 aliphatic heterocycles. The molecule has 1 aromatic heterocycles. The van der Waals surface area contributed by atoms with Crippen LogP contribution in [-0.2, 0) is 18.3 Å². The maximum absolute atomic E-state index is 14.6. The molecule has 1 aliphatic carbocycles. The zero-order valence-corrected chi connectivity index (χ0v) is 23.8. The van der Waals surface area contributed by atoms with Crippen LogP contribution in [0.5, 0.6) is 17.2 Å². The first-order chi connectivity index (χ1) is 20.1. The highest BCUT2D eigenvalue weighted by Crippen LogP contribution is 2.42.